The largest absolute Gasteiger partial charge is 0.497 e. The number of ether oxygens (including phenoxy) is 1. The lowest BCUT2D eigenvalue weighted by Gasteiger charge is -2.21. The SMILES string of the molecule is COc1cccc(NC(Cc2ccccc2)c2ccccc2)c1. The van der Waals surface area contributed by atoms with Crippen molar-refractivity contribution in [1.29, 1.82) is 0 Å². The maximum Gasteiger partial charge on any atom is 0.120 e. The van der Waals surface area contributed by atoms with Gasteiger partial charge in [0, 0.05) is 11.8 Å². The van der Waals surface area contributed by atoms with E-state index < -0.39 is 0 Å². The molecule has 1 atom stereocenters. The molecule has 0 aliphatic heterocycles. The molecule has 0 aromatic heterocycles. The van der Waals surface area contributed by atoms with Crippen LogP contribution in [0.2, 0.25) is 0 Å². The normalized spacial score (nSPS) is 11.7. The number of hydrogen-bond donors (Lipinski definition) is 1. The predicted molar refractivity (Wildman–Crippen MR) is 95.9 cm³/mol. The summed E-state index contributed by atoms with van der Waals surface area (Å²) in [5.41, 5.74) is 3.66. The van der Waals surface area contributed by atoms with Gasteiger partial charge >= 0.3 is 0 Å². The van der Waals surface area contributed by atoms with Crippen molar-refractivity contribution in [3.8, 4) is 5.75 Å². The van der Waals surface area contributed by atoms with Crippen LogP contribution in [0.4, 0.5) is 5.69 Å². The first-order valence-corrected chi connectivity index (χ1v) is 7.84. The van der Waals surface area contributed by atoms with Crippen LogP contribution < -0.4 is 10.1 Å². The van der Waals surface area contributed by atoms with E-state index in [9.17, 15) is 0 Å². The van der Waals surface area contributed by atoms with Crippen molar-refractivity contribution >= 4 is 5.69 Å². The van der Waals surface area contributed by atoms with Gasteiger partial charge in [-0.1, -0.05) is 66.7 Å². The quantitative estimate of drug-likeness (QED) is 0.684. The fourth-order valence-corrected chi connectivity index (χ4v) is 2.70. The van der Waals surface area contributed by atoms with Gasteiger partial charge in [-0.25, -0.2) is 0 Å². The van der Waals surface area contributed by atoms with E-state index in [0.717, 1.165) is 17.9 Å². The van der Waals surface area contributed by atoms with Gasteiger partial charge in [0.05, 0.1) is 13.2 Å². The maximum absolute atomic E-state index is 5.32. The van der Waals surface area contributed by atoms with Crippen LogP contribution in [0.3, 0.4) is 0 Å². The number of anilines is 1. The van der Waals surface area contributed by atoms with E-state index in [-0.39, 0.29) is 6.04 Å². The molecule has 116 valence electrons. The fraction of sp³-hybridized carbons (Fsp3) is 0.143. The van der Waals surface area contributed by atoms with Crippen LogP contribution in [-0.4, -0.2) is 7.11 Å². The molecule has 3 rings (SSSR count). The Bertz CT molecular complexity index is 725. The van der Waals surface area contributed by atoms with Gasteiger partial charge in [0.15, 0.2) is 0 Å². The second-order valence-corrected chi connectivity index (χ2v) is 5.53. The lowest BCUT2D eigenvalue weighted by atomic mass is 9.98. The molecule has 1 unspecified atom stereocenters. The van der Waals surface area contributed by atoms with Crippen molar-refractivity contribution in [2.24, 2.45) is 0 Å². The van der Waals surface area contributed by atoms with Crippen molar-refractivity contribution in [3.05, 3.63) is 96.1 Å². The molecule has 0 aliphatic rings. The minimum atomic E-state index is 0.214. The van der Waals surface area contributed by atoms with Crippen molar-refractivity contribution in [2.75, 3.05) is 12.4 Å². The van der Waals surface area contributed by atoms with Crippen LogP contribution in [-0.2, 0) is 6.42 Å². The minimum Gasteiger partial charge on any atom is -0.497 e. The summed E-state index contributed by atoms with van der Waals surface area (Å²) >= 11 is 0. The fourth-order valence-electron chi connectivity index (χ4n) is 2.70. The van der Waals surface area contributed by atoms with Crippen LogP contribution in [0.5, 0.6) is 5.75 Å². The first-order valence-electron chi connectivity index (χ1n) is 7.84. The van der Waals surface area contributed by atoms with Gasteiger partial charge in [0.1, 0.15) is 5.75 Å². The topological polar surface area (TPSA) is 21.3 Å². The lowest BCUT2D eigenvalue weighted by molar-refractivity contribution is 0.415. The van der Waals surface area contributed by atoms with E-state index in [1.165, 1.54) is 11.1 Å². The summed E-state index contributed by atoms with van der Waals surface area (Å²) in [6.45, 7) is 0. The van der Waals surface area contributed by atoms with E-state index in [4.69, 9.17) is 4.74 Å². The molecule has 1 N–H and O–H groups in total. The third kappa shape index (κ3) is 4.13. The maximum atomic E-state index is 5.32. The molecule has 23 heavy (non-hydrogen) atoms. The number of rotatable bonds is 6. The number of hydrogen-bond acceptors (Lipinski definition) is 2. The summed E-state index contributed by atoms with van der Waals surface area (Å²) in [5, 5.41) is 3.64. The Balaban J connectivity index is 1.85. The van der Waals surface area contributed by atoms with E-state index in [1.807, 2.05) is 18.2 Å². The Morgan fingerprint density at radius 2 is 1.52 bits per heavy atom. The molecule has 0 radical (unpaired) electrons. The summed E-state index contributed by atoms with van der Waals surface area (Å²) in [6, 6.07) is 29.4. The first-order chi connectivity index (χ1) is 11.3. The molecule has 0 saturated heterocycles. The zero-order valence-corrected chi connectivity index (χ0v) is 13.3. The van der Waals surface area contributed by atoms with Gasteiger partial charge in [0.2, 0.25) is 0 Å². The number of nitrogens with one attached hydrogen (secondary N) is 1. The highest BCUT2D eigenvalue weighted by molar-refractivity contribution is 5.50. The summed E-state index contributed by atoms with van der Waals surface area (Å²) < 4.78 is 5.32. The molecule has 0 bridgehead atoms. The zero-order chi connectivity index (χ0) is 15.9. The van der Waals surface area contributed by atoms with Crippen LogP contribution in [0.25, 0.3) is 0 Å². The second kappa shape index (κ2) is 7.50. The van der Waals surface area contributed by atoms with Crippen molar-refractivity contribution in [2.45, 2.75) is 12.5 Å². The lowest BCUT2D eigenvalue weighted by Crippen LogP contribution is -2.13. The van der Waals surface area contributed by atoms with Crippen molar-refractivity contribution in [1.82, 2.24) is 0 Å². The van der Waals surface area contributed by atoms with E-state index in [1.54, 1.807) is 7.11 Å². The van der Waals surface area contributed by atoms with Gasteiger partial charge in [-0.3, -0.25) is 0 Å². The minimum absolute atomic E-state index is 0.214. The van der Waals surface area contributed by atoms with Crippen LogP contribution in [0, 0.1) is 0 Å². The summed E-state index contributed by atoms with van der Waals surface area (Å²) in [7, 11) is 1.69. The summed E-state index contributed by atoms with van der Waals surface area (Å²) in [6.07, 6.45) is 0.933. The second-order valence-electron chi connectivity index (χ2n) is 5.53. The predicted octanol–water partition coefficient (Wildman–Crippen LogP) is 5.09. The van der Waals surface area contributed by atoms with Gasteiger partial charge < -0.3 is 10.1 Å². The van der Waals surface area contributed by atoms with Gasteiger partial charge in [-0.05, 0) is 29.7 Å². The first kappa shape index (κ1) is 15.2. The molecular weight excluding hydrogens is 282 g/mol. The van der Waals surface area contributed by atoms with Gasteiger partial charge in [-0.2, -0.15) is 0 Å². The molecule has 0 fully saturated rings. The third-order valence-electron chi connectivity index (χ3n) is 3.90. The molecule has 2 nitrogen and oxygen atoms in total. The highest BCUT2D eigenvalue weighted by Gasteiger charge is 2.12. The number of benzene rings is 3. The molecule has 2 heteroatoms. The van der Waals surface area contributed by atoms with Crippen LogP contribution in [0.1, 0.15) is 17.2 Å². The van der Waals surface area contributed by atoms with Crippen LogP contribution in [0.15, 0.2) is 84.9 Å². The number of methoxy groups -OCH3 is 1. The molecule has 3 aromatic carbocycles. The molecule has 0 aliphatic carbocycles. The monoisotopic (exact) mass is 303 g/mol. The average molecular weight is 303 g/mol. The third-order valence-corrected chi connectivity index (χ3v) is 3.90. The average Bonchev–Trinajstić information content (AvgIpc) is 2.63. The van der Waals surface area contributed by atoms with E-state index in [2.05, 4.69) is 72.0 Å². The van der Waals surface area contributed by atoms with Gasteiger partial charge in [-0.15, -0.1) is 0 Å². The highest BCUT2D eigenvalue weighted by atomic mass is 16.5. The molecular formula is C21H21NO. The van der Waals surface area contributed by atoms with E-state index in [0.29, 0.717) is 0 Å². The smallest absolute Gasteiger partial charge is 0.120 e. The van der Waals surface area contributed by atoms with E-state index >= 15 is 0 Å². The molecule has 0 heterocycles. The Morgan fingerprint density at radius 3 is 2.22 bits per heavy atom. The Hall–Kier alpha value is -2.74. The van der Waals surface area contributed by atoms with Crippen molar-refractivity contribution in [3.63, 3.8) is 0 Å². The van der Waals surface area contributed by atoms with Crippen LogP contribution >= 0.6 is 0 Å². The molecule has 0 amide bonds. The summed E-state index contributed by atoms with van der Waals surface area (Å²) in [4.78, 5) is 0. The summed E-state index contributed by atoms with van der Waals surface area (Å²) in [5.74, 6) is 0.863. The van der Waals surface area contributed by atoms with Crippen molar-refractivity contribution < 1.29 is 4.74 Å². The standard InChI is InChI=1S/C21H21NO/c1-23-20-14-8-13-19(16-20)22-21(18-11-6-3-7-12-18)15-17-9-4-2-5-10-17/h2-14,16,21-22H,15H2,1H3. The highest BCUT2D eigenvalue weighted by Crippen LogP contribution is 2.25. The molecule has 3 aromatic rings. The Morgan fingerprint density at radius 1 is 0.826 bits per heavy atom. The zero-order valence-electron chi connectivity index (χ0n) is 13.3. The Kier molecular flexibility index (Phi) is 4.95. The molecule has 0 saturated carbocycles. The van der Waals surface area contributed by atoms with Gasteiger partial charge in [0.25, 0.3) is 0 Å². The Labute approximate surface area is 137 Å². The molecule has 0 spiro atoms.